The van der Waals surface area contributed by atoms with Crippen molar-refractivity contribution in [3.05, 3.63) is 58.9 Å². The molecular formula is C20H23FN4O2. The summed E-state index contributed by atoms with van der Waals surface area (Å²) < 4.78 is 12.9. The second kappa shape index (κ2) is 8.24. The van der Waals surface area contributed by atoms with Crippen LogP contribution in [-0.2, 0) is 11.3 Å². The van der Waals surface area contributed by atoms with Crippen molar-refractivity contribution in [1.82, 2.24) is 20.2 Å². The van der Waals surface area contributed by atoms with Crippen LogP contribution >= 0.6 is 0 Å². The van der Waals surface area contributed by atoms with Crippen molar-refractivity contribution < 1.29 is 14.0 Å². The van der Waals surface area contributed by atoms with E-state index in [1.807, 2.05) is 0 Å². The van der Waals surface area contributed by atoms with Crippen LogP contribution in [0.4, 0.5) is 4.39 Å². The van der Waals surface area contributed by atoms with Crippen molar-refractivity contribution in [1.29, 1.82) is 0 Å². The zero-order valence-corrected chi connectivity index (χ0v) is 15.5. The molecule has 6 nitrogen and oxygen atoms in total. The highest BCUT2D eigenvalue weighted by atomic mass is 19.1. The number of carbonyl (C=O) groups excluding carboxylic acids is 2. The predicted octanol–water partition coefficient (Wildman–Crippen LogP) is 2.93. The summed E-state index contributed by atoms with van der Waals surface area (Å²) in [5.74, 6) is 0.00206. The van der Waals surface area contributed by atoms with Gasteiger partial charge in [-0.15, -0.1) is 0 Å². The molecular weight excluding hydrogens is 347 g/mol. The van der Waals surface area contributed by atoms with Gasteiger partial charge >= 0.3 is 0 Å². The fraction of sp³-hybridized carbons (Fsp3) is 0.400. The molecule has 1 fully saturated rings. The minimum atomic E-state index is -0.313. The fourth-order valence-corrected chi connectivity index (χ4v) is 3.33. The SMILES string of the molecule is CC(=O)N1CCCCC1c1ncc(C(=O)NCc2ccc(F)cc2)c(C)n1. The van der Waals surface area contributed by atoms with Crippen molar-refractivity contribution in [3.63, 3.8) is 0 Å². The van der Waals surface area contributed by atoms with Crippen LogP contribution in [0, 0.1) is 12.7 Å². The number of nitrogens with one attached hydrogen (secondary N) is 1. The minimum absolute atomic E-state index is 0.0158. The smallest absolute Gasteiger partial charge is 0.254 e. The van der Waals surface area contributed by atoms with E-state index in [4.69, 9.17) is 0 Å². The van der Waals surface area contributed by atoms with Gasteiger partial charge in [0.1, 0.15) is 5.82 Å². The lowest BCUT2D eigenvalue weighted by Crippen LogP contribution is -2.38. The first-order valence-electron chi connectivity index (χ1n) is 9.09. The van der Waals surface area contributed by atoms with Crippen LogP contribution in [0.5, 0.6) is 0 Å². The molecule has 1 aliphatic heterocycles. The number of piperidine rings is 1. The zero-order valence-electron chi connectivity index (χ0n) is 15.5. The monoisotopic (exact) mass is 370 g/mol. The number of aromatic nitrogens is 2. The lowest BCUT2D eigenvalue weighted by Gasteiger charge is -2.34. The van der Waals surface area contributed by atoms with Gasteiger partial charge in [-0.25, -0.2) is 14.4 Å². The summed E-state index contributed by atoms with van der Waals surface area (Å²) in [7, 11) is 0. The number of nitrogens with zero attached hydrogens (tertiary/aromatic N) is 3. The standard InChI is InChI=1S/C20H23FN4O2/c1-13-17(20(27)23-11-15-6-8-16(21)9-7-15)12-22-19(24-13)18-5-3-4-10-25(18)14(2)26/h6-9,12,18H,3-5,10-11H2,1-2H3,(H,23,27). The summed E-state index contributed by atoms with van der Waals surface area (Å²) in [6.07, 6.45) is 4.36. The number of hydrogen-bond acceptors (Lipinski definition) is 4. The number of hydrogen-bond donors (Lipinski definition) is 1. The van der Waals surface area contributed by atoms with Gasteiger partial charge in [0, 0.05) is 26.2 Å². The second-order valence-corrected chi connectivity index (χ2v) is 6.76. The molecule has 0 aliphatic carbocycles. The molecule has 27 heavy (non-hydrogen) atoms. The molecule has 1 atom stereocenters. The third-order valence-corrected chi connectivity index (χ3v) is 4.81. The number of halogens is 1. The summed E-state index contributed by atoms with van der Waals surface area (Å²) in [6.45, 7) is 4.32. The van der Waals surface area contributed by atoms with Crippen LogP contribution in [-0.4, -0.2) is 33.2 Å². The first-order chi connectivity index (χ1) is 13.0. The van der Waals surface area contributed by atoms with E-state index in [9.17, 15) is 14.0 Å². The summed E-state index contributed by atoms with van der Waals surface area (Å²) in [5.41, 5.74) is 1.77. The van der Waals surface area contributed by atoms with Gasteiger partial charge in [-0.2, -0.15) is 0 Å². The lowest BCUT2D eigenvalue weighted by atomic mass is 10.0. The molecule has 1 aromatic heterocycles. The molecule has 0 radical (unpaired) electrons. The lowest BCUT2D eigenvalue weighted by molar-refractivity contribution is -0.132. The zero-order chi connectivity index (χ0) is 19.4. The molecule has 3 rings (SSSR count). The molecule has 2 amide bonds. The molecule has 0 bridgehead atoms. The van der Waals surface area contributed by atoms with Gasteiger partial charge in [-0.3, -0.25) is 9.59 Å². The molecule has 1 unspecified atom stereocenters. The maximum absolute atomic E-state index is 12.9. The third-order valence-electron chi connectivity index (χ3n) is 4.81. The van der Waals surface area contributed by atoms with E-state index in [-0.39, 0.29) is 23.7 Å². The number of carbonyl (C=O) groups is 2. The highest BCUT2D eigenvalue weighted by Gasteiger charge is 2.28. The van der Waals surface area contributed by atoms with E-state index >= 15 is 0 Å². The Labute approximate surface area is 157 Å². The average Bonchev–Trinajstić information content (AvgIpc) is 2.67. The molecule has 1 aromatic carbocycles. The van der Waals surface area contributed by atoms with E-state index < -0.39 is 0 Å². The molecule has 142 valence electrons. The minimum Gasteiger partial charge on any atom is -0.348 e. The molecule has 0 saturated carbocycles. The summed E-state index contributed by atoms with van der Waals surface area (Å²) in [4.78, 5) is 35.0. The Hall–Kier alpha value is -2.83. The van der Waals surface area contributed by atoms with Crippen molar-refractivity contribution in [2.24, 2.45) is 0 Å². The molecule has 2 aromatic rings. The van der Waals surface area contributed by atoms with E-state index in [0.717, 1.165) is 24.8 Å². The Morgan fingerprint density at radius 2 is 2.00 bits per heavy atom. The largest absolute Gasteiger partial charge is 0.348 e. The Bertz CT molecular complexity index is 838. The summed E-state index contributed by atoms with van der Waals surface area (Å²) in [5, 5.41) is 2.80. The van der Waals surface area contributed by atoms with Crippen LogP contribution in [0.15, 0.2) is 30.5 Å². The summed E-state index contributed by atoms with van der Waals surface area (Å²) in [6, 6.07) is 5.83. The van der Waals surface area contributed by atoms with Crippen molar-refractivity contribution in [2.75, 3.05) is 6.54 Å². The van der Waals surface area contributed by atoms with Gasteiger partial charge in [0.2, 0.25) is 5.91 Å². The number of benzene rings is 1. The first-order valence-corrected chi connectivity index (χ1v) is 9.09. The first kappa shape index (κ1) is 18.9. The van der Waals surface area contributed by atoms with E-state index in [1.54, 1.807) is 30.9 Å². The Morgan fingerprint density at radius 3 is 2.67 bits per heavy atom. The molecule has 1 aliphatic rings. The van der Waals surface area contributed by atoms with E-state index in [0.29, 0.717) is 30.2 Å². The number of rotatable bonds is 4. The molecule has 1 saturated heterocycles. The predicted molar refractivity (Wildman–Crippen MR) is 98.3 cm³/mol. The number of amides is 2. The normalized spacial score (nSPS) is 16.9. The fourth-order valence-electron chi connectivity index (χ4n) is 3.33. The van der Waals surface area contributed by atoms with Crippen LogP contribution in [0.2, 0.25) is 0 Å². The van der Waals surface area contributed by atoms with Gasteiger partial charge in [0.05, 0.1) is 17.3 Å². The third kappa shape index (κ3) is 4.48. The van der Waals surface area contributed by atoms with Gasteiger partial charge in [-0.1, -0.05) is 12.1 Å². The Balaban J connectivity index is 1.71. The average molecular weight is 370 g/mol. The molecule has 0 spiro atoms. The summed E-state index contributed by atoms with van der Waals surface area (Å²) >= 11 is 0. The van der Waals surface area contributed by atoms with Crippen LogP contribution in [0.3, 0.4) is 0 Å². The van der Waals surface area contributed by atoms with Gasteiger partial charge in [0.15, 0.2) is 5.82 Å². The molecule has 7 heteroatoms. The van der Waals surface area contributed by atoms with Gasteiger partial charge in [0.25, 0.3) is 5.91 Å². The topological polar surface area (TPSA) is 75.2 Å². The molecule has 2 heterocycles. The van der Waals surface area contributed by atoms with Gasteiger partial charge < -0.3 is 10.2 Å². The Kier molecular flexibility index (Phi) is 5.78. The van der Waals surface area contributed by atoms with Crippen LogP contribution in [0.25, 0.3) is 0 Å². The Morgan fingerprint density at radius 1 is 1.26 bits per heavy atom. The van der Waals surface area contributed by atoms with Crippen LogP contribution in [0.1, 0.15) is 59.7 Å². The number of likely N-dealkylation sites (tertiary alicyclic amines) is 1. The molecule has 1 N–H and O–H groups in total. The maximum atomic E-state index is 12.9. The van der Waals surface area contributed by atoms with Crippen molar-refractivity contribution in [2.45, 2.75) is 45.7 Å². The number of aryl methyl sites for hydroxylation is 1. The van der Waals surface area contributed by atoms with E-state index in [1.165, 1.54) is 18.3 Å². The quantitative estimate of drug-likeness (QED) is 0.898. The maximum Gasteiger partial charge on any atom is 0.254 e. The van der Waals surface area contributed by atoms with Crippen molar-refractivity contribution in [3.8, 4) is 0 Å². The van der Waals surface area contributed by atoms with Gasteiger partial charge in [-0.05, 0) is 43.9 Å². The second-order valence-electron chi connectivity index (χ2n) is 6.76. The van der Waals surface area contributed by atoms with E-state index in [2.05, 4.69) is 15.3 Å². The highest BCUT2D eigenvalue weighted by molar-refractivity contribution is 5.94. The van der Waals surface area contributed by atoms with Crippen molar-refractivity contribution >= 4 is 11.8 Å². The highest BCUT2D eigenvalue weighted by Crippen LogP contribution is 2.29. The van der Waals surface area contributed by atoms with Crippen LogP contribution < -0.4 is 5.32 Å².